The highest BCUT2D eigenvalue weighted by Crippen LogP contribution is 2.09. The second-order valence-electron chi connectivity index (χ2n) is 5.90. The van der Waals surface area contributed by atoms with Gasteiger partial charge in [0.1, 0.15) is 0 Å². The number of hydrogen-bond acceptors (Lipinski definition) is 2. The van der Waals surface area contributed by atoms with Crippen LogP contribution in [0, 0.1) is 0 Å². The first-order valence-corrected chi connectivity index (χ1v) is 8.87. The standard InChI is InChI=1S/C21H26N2O2/c1-3-23(4-2)21(25)19-14-8-13-18(16-19)20(24)22-15-9-12-17-10-6-5-7-11-17/h5-8,10-11,13-14,16H,3-4,9,12,15H2,1-2H3,(H,22,24). The van der Waals surface area contributed by atoms with Crippen LogP contribution in [0.3, 0.4) is 0 Å². The van der Waals surface area contributed by atoms with Gasteiger partial charge in [0, 0.05) is 30.8 Å². The van der Waals surface area contributed by atoms with Gasteiger partial charge >= 0.3 is 0 Å². The van der Waals surface area contributed by atoms with Gasteiger partial charge < -0.3 is 10.2 Å². The molecule has 0 aromatic heterocycles. The molecule has 0 fully saturated rings. The molecule has 2 aromatic carbocycles. The van der Waals surface area contributed by atoms with E-state index in [1.807, 2.05) is 32.0 Å². The minimum atomic E-state index is -0.137. The third-order valence-electron chi connectivity index (χ3n) is 4.19. The number of carbonyl (C=O) groups is 2. The highest BCUT2D eigenvalue weighted by atomic mass is 16.2. The largest absolute Gasteiger partial charge is 0.352 e. The lowest BCUT2D eigenvalue weighted by Gasteiger charge is -2.18. The van der Waals surface area contributed by atoms with Gasteiger partial charge in [-0.15, -0.1) is 0 Å². The SMILES string of the molecule is CCN(CC)C(=O)c1cccc(C(=O)NCCCc2ccccc2)c1. The fourth-order valence-corrected chi connectivity index (χ4v) is 2.73. The molecule has 0 atom stereocenters. The van der Waals surface area contributed by atoms with E-state index < -0.39 is 0 Å². The first-order valence-electron chi connectivity index (χ1n) is 8.87. The molecule has 0 spiro atoms. The lowest BCUT2D eigenvalue weighted by molar-refractivity contribution is 0.0773. The van der Waals surface area contributed by atoms with Crippen LogP contribution in [0.25, 0.3) is 0 Å². The first kappa shape index (κ1) is 18.7. The van der Waals surface area contributed by atoms with Crippen LogP contribution in [0.4, 0.5) is 0 Å². The second-order valence-corrected chi connectivity index (χ2v) is 5.90. The zero-order valence-corrected chi connectivity index (χ0v) is 15.0. The number of aryl methyl sites for hydroxylation is 1. The van der Waals surface area contributed by atoms with Gasteiger partial charge in [0.05, 0.1) is 0 Å². The normalized spacial score (nSPS) is 10.3. The Bertz CT molecular complexity index is 694. The summed E-state index contributed by atoms with van der Waals surface area (Å²) in [4.78, 5) is 26.4. The fraction of sp³-hybridized carbons (Fsp3) is 0.333. The van der Waals surface area contributed by atoms with Gasteiger partial charge in [0.15, 0.2) is 0 Å². The number of nitrogens with zero attached hydrogens (tertiary/aromatic N) is 1. The van der Waals surface area contributed by atoms with Gasteiger partial charge in [0.2, 0.25) is 0 Å². The molecule has 4 nitrogen and oxygen atoms in total. The number of carbonyl (C=O) groups excluding carboxylic acids is 2. The molecule has 1 N–H and O–H groups in total. The van der Waals surface area contributed by atoms with E-state index in [4.69, 9.17) is 0 Å². The maximum atomic E-state index is 12.4. The van der Waals surface area contributed by atoms with E-state index in [1.165, 1.54) is 5.56 Å². The monoisotopic (exact) mass is 338 g/mol. The molecule has 0 unspecified atom stereocenters. The van der Waals surface area contributed by atoms with Gasteiger partial charge in [-0.2, -0.15) is 0 Å². The maximum absolute atomic E-state index is 12.4. The Labute approximate surface area is 149 Å². The zero-order chi connectivity index (χ0) is 18.1. The summed E-state index contributed by atoms with van der Waals surface area (Å²) >= 11 is 0. The average Bonchev–Trinajstić information content (AvgIpc) is 2.67. The van der Waals surface area contributed by atoms with Crippen molar-refractivity contribution in [2.75, 3.05) is 19.6 Å². The van der Waals surface area contributed by atoms with Crippen LogP contribution in [0.1, 0.15) is 46.5 Å². The van der Waals surface area contributed by atoms with Crippen molar-refractivity contribution in [3.63, 3.8) is 0 Å². The van der Waals surface area contributed by atoms with Crippen molar-refractivity contribution in [3.05, 3.63) is 71.3 Å². The molecular formula is C21H26N2O2. The van der Waals surface area contributed by atoms with Gasteiger partial charge in [-0.05, 0) is 50.5 Å². The topological polar surface area (TPSA) is 49.4 Å². The second kappa shape index (κ2) is 9.62. The number of amides is 2. The molecular weight excluding hydrogens is 312 g/mol. The lowest BCUT2D eigenvalue weighted by Crippen LogP contribution is -2.31. The Hall–Kier alpha value is -2.62. The molecule has 2 aromatic rings. The average molecular weight is 338 g/mol. The summed E-state index contributed by atoms with van der Waals surface area (Å²) in [5, 5.41) is 2.93. The molecule has 25 heavy (non-hydrogen) atoms. The summed E-state index contributed by atoms with van der Waals surface area (Å²) in [5.74, 6) is -0.175. The minimum absolute atomic E-state index is 0.0382. The highest BCUT2D eigenvalue weighted by Gasteiger charge is 2.14. The summed E-state index contributed by atoms with van der Waals surface area (Å²) in [6.45, 7) is 5.83. The Balaban J connectivity index is 1.89. The third kappa shape index (κ3) is 5.45. The number of benzene rings is 2. The van der Waals surface area contributed by atoms with Gasteiger partial charge in [-0.1, -0.05) is 36.4 Å². The molecule has 0 saturated heterocycles. The van der Waals surface area contributed by atoms with E-state index in [9.17, 15) is 9.59 Å². The summed E-state index contributed by atoms with van der Waals surface area (Å²) in [6.07, 6.45) is 1.81. The number of nitrogens with one attached hydrogen (secondary N) is 1. The van der Waals surface area contributed by atoms with E-state index in [-0.39, 0.29) is 11.8 Å². The molecule has 2 amide bonds. The van der Waals surface area contributed by atoms with Gasteiger partial charge in [-0.25, -0.2) is 0 Å². The van der Waals surface area contributed by atoms with E-state index >= 15 is 0 Å². The van der Waals surface area contributed by atoms with Crippen molar-refractivity contribution in [1.29, 1.82) is 0 Å². The maximum Gasteiger partial charge on any atom is 0.253 e. The number of rotatable bonds is 8. The van der Waals surface area contributed by atoms with Crippen LogP contribution in [0.15, 0.2) is 54.6 Å². The predicted molar refractivity (Wildman–Crippen MR) is 101 cm³/mol. The molecule has 2 rings (SSSR count). The molecule has 0 bridgehead atoms. The van der Waals surface area contributed by atoms with Crippen LogP contribution in [0.5, 0.6) is 0 Å². The number of hydrogen-bond donors (Lipinski definition) is 1. The van der Waals surface area contributed by atoms with Crippen molar-refractivity contribution >= 4 is 11.8 Å². The van der Waals surface area contributed by atoms with Crippen LogP contribution in [-0.2, 0) is 6.42 Å². The Kier molecular flexibility index (Phi) is 7.20. The molecule has 4 heteroatoms. The third-order valence-corrected chi connectivity index (χ3v) is 4.19. The van der Waals surface area contributed by atoms with Crippen LogP contribution in [-0.4, -0.2) is 36.3 Å². The molecule has 0 aliphatic carbocycles. The summed E-state index contributed by atoms with van der Waals surface area (Å²) in [7, 11) is 0. The summed E-state index contributed by atoms with van der Waals surface area (Å²) < 4.78 is 0. The van der Waals surface area contributed by atoms with Crippen molar-refractivity contribution in [2.24, 2.45) is 0 Å². The fourth-order valence-electron chi connectivity index (χ4n) is 2.73. The summed E-state index contributed by atoms with van der Waals surface area (Å²) in [6, 6.07) is 17.1. The minimum Gasteiger partial charge on any atom is -0.352 e. The Morgan fingerprint density at radius 2 is 1.60 bits per heavy atom. The van der Waals surface area contributed by atoms with Crippen molar-refractivity contribution in [2.45, 2.75) is 26.7 Å². The Morgan fingerprint density at radius 1 is 0.920 bits per heavy atom. The van der Waals surface area contributed by atoms with Crippen LogP contribution < -0.4 is 5.32 Å². The predicted octanol–water partition coefficient (Wildman–Crippen LogP) is 3.53. The van der Waals surface area contributed by atoms with Gasteiger partial charge in [0.25, 0.3) is 11.8 Å². The lowest BCUT2D eigenvalue weighted by atomic mass is 10.1. The van der Waals surface area contributed by atoms with E-state index in [0.29, 0.717) is 30.8 Å². The van der Waals surface area contributed by atoms with Crippen molar-refractivity contribution < 1.29 is 9.59 Å². The quantitative estimate of drug-likeness (QED) is 0.749. The van der Waals surface area contributed by atoms with Crippen molar-refractivity contribution in [1.82, 2.24) is 10.2 Å². The first-order chi connectivity index (χ1) is 12.2. The smallest absolute Gasteiger partial charge is 0.253 e. The van der Waals surface area contributed by atoms with E-state index in [0.717, 1.165) is 12.8 Å². The van der Waals surface area contributed by atoms with Gasteiger partial charge in [-0.3, -0.25) is 9.59 Å². The molecule has 0 radical (unpaired) electrons. The Morgan fingerprint density at radius 3 is 2.28 bits per heavy atom. The zero-order valence-electron chi connectivity index (χ0n) is 15.0. The molecule has 132 valence electrons. The van der Waals surface area contributed by atoms with E-state index in [2.05, 4.69) is 17.4 Å². The molecule has 0 heterocycles. The van der Waals surface area contributed by atoms with Crippen LogP contribution in [0.2, 0.25) is 0 Å². The summed E-state index contributed by atoms with van der Waals surface area (Å²) in [5.41, 5.74) is 2.35. The molecule has 0 saturated carbocycles. The van der Waals surface area contributed by atoms with E-state index in [1.54, 1.807) is 29.2 Å². The van der Waals surface area contributed by atoms with Crippen LogP contribution >= 0.6 is 0 Å². The molecule has 0 aliphatic heterocycles. The van der Waals surface area contributed by atoms with Crippen molar-refractivity contribution in [3.8, 4) is 0 Å². The highest BCUT2D eigenvalue weighted by molar-refractivity contribution is 5.99. The molecule has 0 aliphatic rings.